The van der Waals surface area contributed by atoms with Crippen LogP contribution in [0.2, 0.25) is 0 Å². The molecule has 17 heavy (non-hydrogen) atoms. The van der Waals surface area contributed by atoms with Gasteiger partial charge in [0.25, 0.3) is 0 Å². The Hall–Kier alpha value is -1.05. The van der Waals surface area contributed by atoms with E-state index < -0.39 is 6.10 Å². The van der Waals surface area contributed by atoms with Gasteiger partial charge in [-0.1, -0.05) is 11.8 Å². The van der Waals surface area contributed by atoms with E-state index in [1.807, 2.05) is 6.26 Å². The molecule has 1 aromatic heterocycles. The Labute approximate surface area is 105 Å². The number of hydrogen-bond donors (Lipinski definition) is 3. The van der Waals surface area contributed by atoms with E-state index in [0.29, 0.717) is 24.1 Å². The van der Waals surface area contributed by atoms with Gasteiger partial charge in [-0.25, -0.2) is 9.97 Å². The molecule has 0 aliphatic heterocycles. The Balaban J connectivity index is 2.63. The van der Waals surface area contributed by atoms with Crippen LogP contribution in [0.3, 0.4) is 0 Å². The molecule has 0 amide bonds. The monoisotopic (exact) mass is 258 g/mol. The number of aromatic nitrogens is 2. The Morgan fingerprint density at radius 1 is 1.47 bits per heavy atom. The molecule has 1 rings (SSSR count). The Morgan fingerprint density at radius 2 is 2.18 bits per heavy atom. The molecular weight excluding hydrogens is 240 g/mol. The molecule has 7 heteroatoms. The summed E-state index contributed by atoms with van der Waals surface area (Å²) in [6, 6.07) is 1.79. The number of aliphatic hydroxyl groups excluding tert-OH is 1. The first-order valence-electron chi connectivity index (χ1n) is 5.21. The van der Waals surface area contributed by atoms with Crippen LogP contribution in [-0.2, 0) is 4.74 Å². The number of nitrogens with one attached hydrogen (secondary N) is 2. The van der Waals surface area contributed by atoms with Crippen molar-refractivity contribution in [1.29, 1.82) is 0 Å². The minimum Gasteiger partial charge on any atom is -0.389 e. The summed E-state index contributed by atoms with van der Waals surface area (Å²) in [5, 5.41) is 16.2. The molecule has 96 valence electrons. The predicted octanol–water partition coefficient (Wildman–Crippen LogP) is 0.659. The summed E-state index contributed by atoms with van der Waals surface area (Å²) in [7, 11) is 3.36. The van der Waals surface area contributed by atoms with Crippen LogP contribution in [0.25, 0.3) is 0 Å². The molecule has 1 unspecified atom stereocenters. The third kappa shape index (κ3) is 4.76. The first-order chi connectivity index (χ1) is 8.19. The summed E-state index contributed by atoms with van der Waals surface area (Å²) in [6.45, 7) is 0.689. The molecule has 0 saturated heterocycles. The van der Waals surface area contributed by atoms with Gasteiger partial charge in [0.2, 0.25) is 0 Å². The fourth-order valence-corrected chi connectivity index (χ4v) is 1.59. The first kappa shape index (κ1) is 14.0. The Bertz CT molecular complexity index is 329. The smallest absolute Gasteiger partial charge is 0.191 e. The van der Waals surface area contributed by atoms with Gasteiger partial charge in [0, 0.05) is 26.8 Å². The van der Waals surface area contributed by atoms with Crippen molar-refractivity contribution < 1.29 is 9.84 Å². The van der Waals surface area contributed by atoms with Gasteiger partial charge in [-0.2, -0.15) is 0 Å². The van der Waals surface area contributed by atoms with E-state index in [1.54, 1.807) is 20.2 Å². The van der Waals surface area contributed by atoms with Crippen molar-refractivity contribution in [3.8, 4) is 0 Å². The van der Waals surface area contributed by atoms with Crippen LogP contribution in [0, 0.1) is 0 Å². The van der Waals surface area contributed by atoms with Crippen molar-refractivity contribution in [3.05, 3.63) is 6.07 Å². The topological polar surface area (TPSA) is 79.3 Å². The average molecular weight is 258 g/mol. The van der Waals surface area contributed by atoms with E-state index in [-0.39, 0.29) is 0 Å². The van der Waals surface area contributed by atoms with E-state index in [9.17, 15) is 5.11 Å². The highest BCUT2D eigenvalue weighted by Crippen LogP contribution is 2.16. The normalized spacial score (nSPS) is 12.2. The number of ether oxygens (including phenoxy) is 1. The summed E-state index contributed by atoms with van der Waals surface area (Å²) in [5.74, 6) is 1.43. The molecule has 0 saturated carbocycles. The number of aliphatic hydroxyl groups is 1. The van der Waals surface area contributed by atoms with E-state index in [0.717, 1.165) is 5.82 Å². The number of nitrogens with zero attached hydrogens (tertiary/aromatic N) is 2. The van der Waals surface area contributed by atoms with E-state index in [2.05, 4.69) is 20.6 Å². The number of thioether (sulfide) groups is 1. The lowest BCUT2D eigenvalue weighted by molar-refractivity contribution is 0.0727. The lowest BCUT2D eigenvalue weighted by atomic mass is 10.3. The van der Waals surface area contributed by atoms with Gasteiger partial charge in [0.15, 0.2) is 5.16 Å². The molecule has 1 atom stereocenters. The van der Waals surface area contributed by atoms with Crippen molar-refractivity contribution >= 4 is 23.4 Å². The van der Waals surface area contributed by atoms with Crippen molar-refractivity contribution in [3.63, 3.8) is 0 Å². The van der Waals surface area contributed by atoms with Crippen molar-refractivity contribution in [2.24, 2.45) is 0 Å². The molecule has 0 radical (unpaired) electrons. The highest BCUT2D eigenvalue weighted by atomic mass is 32.2. The quantitative estimate of drug-likeness (QED) is 0.489. The van der Waals surface area contributed by atoms with Gasteiger partial charge >= 0.3 is 0 Å². The minimum absolute atomic E-state index is 0.298. The summed E-state index contributed by atoms with van der Waals surface area (Å²) >= 11 is 1.47. The van der Waals surface area contributed by atoms with Crippen molar-refractivity contribution in [1.82, 2.24) is 9.97 Å². The van der Waals surface area contributed by atoms with Crippen molar-refractivity contribution in [2.45, 2.75) is 11.3 Å². The second-order valence-corrected chi connectivity index (χ2v) is 4.14. The van der Waals surface area contributed by atoms with Crippen LogP contribution in [0.15, 0.2) is 11.2 Å². The summed E-state index contributed by atoms with van der Waals surface area (Å²) in [4.78, 5) is 8.53. The molecule has 0 aliphatic rings. The molecule has 0 bridgehead atoms. The number of methoxy groups -OCH3 is 1. The van der Waals surface area contributed by atoms with Crippen LogP contribution < -0.4 is 10.6 Å². The number of anilines is 2. The third-order valence-corrected chi connectivity index (χ3v) is 2.57. The van der Waals surface area contributed by atoms with Gasteiger partial charge in [0.05, 0.1) is 12.7 Å². The average Bonchev–Trinajstić information content (AvgIpc) is 2.36. The third-order valence-electron chi connectivity index (χ3n) is 2.02. The Kier molecular flexibility index (Phi) is 6.03. The predicted molar refractivity (Wildman–Crippen MR) is 69.7 cm³/mol. The van der Waals surface area contributed by atoms with E-state index in [1.165, 1.54) is 11.8 Å². The molecule has 0 aromatic carbocycles. The lowest BCUT2D eigenvalue weighted by Gasteiger charge is -2.12. The molecule has 0 spiro atoms. The van der Waals surface area contributed by atoms with E-state index in [4.69, 9.17) is 4.74 Å². The largest absolute Gasteiger partial charge is 0.389 e. The summed E-state index contributed by atoms with van der Waals surface area (Å²) in [5.41, 5.74) is 0. The van der Waals surface area contributed by atoms with Gasteiger partial charge in [-0.05, 0) is 6.26 Å². The van der Waals surface area contributed by atoms with Gasteiger partial charge in [-0.15, -0.1) is 0 Å². The highest BCUT2D eigenvalue weighted by Gasteiger charge is 2.06. The molecule has 1 aromatic rings. The van der Waals surface area contributed by atoms with Crippen molar-refractivity contribution in [2.75, 3.05) is 44.2 Å². The van der Waals surface area contributed by atoms with Gasteiger partial charge in [0.1, 0.15) is 11.6 Å². The van der Waals surface area contributed by atoms with Gasteiger partial charge < -0.3 is 20.5 Å². The zero-order valence-electron chi connectivity index (χ0n) is 10.2. The van der Waals surface area contributed by atoms with Crippen LogP contribution in [0.4, 0.5) is 11.6 Å². The van der Waals surface area contributed by atoms with E-state index >= 15 is 0 Å². The summed E-state index contributed by atoms with van der Waals surface area (Å²) in [6.07, 6.45) is 1.36. The molecule has 3 N–H and O–H groups in total. The number of rotatable bonds is 7. The Morgan fingerprint density at radius 3 is 2.76 bits per heavy atom. The maximum absolute atomic E-state index is 9.51. The molecule has 0 aliphatic carbocycles. The van der Waals surface area contributed by atoms with Crippen LogP contribution in [-0.4, -0.2) is 54.7 Å². The lowest BCUT2D eigenvalue weighted by Crippen LogP contribution is -2.24. The minimum atomic E-state index is -0.550. The molecule has 0 fully saturated rings. The van der Waals surface area contributed by atoms with Gasteiger partial charge in [-0.3, -0.25) is 0 Å². The fourth-order valence-electron chi connectivity index (χ4n) is 1.21. The second-order valence-electron chi connectivity index (χ2n) is 3.37. The highest BCUT2D eigenvalue weighted by molar-refractivity contribution is 7.98. The molecule has 1 heterocycles. The maximum atomic E-state index is 9.51. The fraction of sp³-hybridized carbons (Fsp3) is 0.600. The molecule has 6 nitrogen and oxygen atoms in total. The molecular formula is C10H18N4O2S. The van der Waals surface area contributed by atoms with Crippen LogP contribution in [0.1, 0.15) is 0 Å². The summed E-state index contributed by atoms with van der Waals surface area (Å²) < 4.78 is 4.84. The zero-order valence-corrected chi connectivity index (χ0v) is 11.0. The first-order valence-corrected chi connectivity index (χ1v) is 6.43. The van der Waals surface area contributed by atoms with Crippen LogP contribution in [0.5, 0.6) is 0 Å². The maximum Gasteiger partial charge on any atom is 0.191 e. The standard InChI is InChI=1S/C10H18N4O2S/c1-11-8-4-9(14-10(13-8)17-3)12-5-7(15)6-16-2/h4,7,15H,5-6H2,1-3H3,(H2,11,12,13,14). The second kappa shape index (κ2) is 7.31. The number of hydrogen-bond acceptors (Lipinski definition) is 7. The SMILES string of the molecule is CNc1cc(NCC(O)COC)nc(SC)n1. The zero-order chi connectivity index (χ0) is 12.7. The van der Waals surface area contributed by atoms with Crippen LogP contribution >= 0.6 is 11.8 Å².